The van der Waals surface area contributed by atoms with Gasteiger partial charge in [-0.3, -0.25) is 9.59 Å². The molecule has 0 aliphatic carbocycles. The Morgan fingerprint density at radius 3 is 2.52 bits per heavy atom. The Balaban J connectivity index is 1.74. The number of nitrogens with one attached hydrogen (secondary N) is 1. The van der Waals surface area contributed by atoms with Crippen LogP contribution in [0.3, 0.4) is 0 Å². The van der Waals surface area contributed by atoms with Crippen molar-refractivity contribution in [3.05, 3.63) is 65.2 Å². The van der Waals surface area contributed by atoms with Gasteiger partial charge in [0, 0.05) is 37.1 Å². The maximum absolute atomic E-state index is 12.0. The molecule has 2 aromatic carbocycles. The number of rotatable bonds is 8. The molecule has 0 atom stereocenters. The second kappa shape index (κ2) is 9.84. The fourth-order valence-electron chi connectivity index (χ4n) is 2.58. The number of carbonyl (C=O) groups excluding carboxylic acids is 2. The fraction of sp³-hybridized carbons (Fsp3) is 0.300. The molecule has 25 heavy (non-hydrogen) atoms. The quantitative estimate of drug-likeness (QED) is 0.729. The van der Waals surface area contributed by atoms with Crippen molar-refractivity contribution >= 4 is 29.1 Å². The van der Waals surface area contributed by atoms with Crippen molar-refractivity contribution < 1.29 is 9.59 Å². The molecule has 4 nitrogen and oxygen atoms in total. The second-order valence-electron chi connectivity index (χ2n) is 5.84. The van der Waals surface area contributed by atoms with Crippen molar-refractivity contribution in [1.29, 1.82) is 0 Å². The molecule has 0 aliphatic heterocycles. The van der Waals surface area contributed by atoms with Gasteiger partial charge in [0.05, 0.1) is 0 Å². The molecule has 0 bridgehead atoms. The number of hydrogen-bond acceptors (Lipinski definition) is 2. The zero-order chi connectivity index (χ0) is 18.1. The highest BCUT2D eigenvalue weighted by Crippen LogP contribution is 2.19. The normalized spacial score (nSPS) is 10.3. The summed E-state index contributed by atoms with van der Waals surface area (Å²) in [5.41, 5.74) is 1.97. The Morgan fingerprint density at radius 2 is 1.84 bits per heavy atom. The summed E-state index contributed by atoms with van der Waals surface area (Å²) >= 11 is 5.97. The predicted octanol–water partition coefficient (Wildman–Crippen LogP) is 3.83. The van der Waals surface area contributed by atoms with E-state index in [1.165, 1.54) is 12.5 Å². The predicted molar refractivity (Wildman–Crippen MR) is 102 cm³/mol. The lowest BCUT2D eigenvalue weighted by atomic mass is 10.1. The molecule has 0 heterocycles. The monoisotopic (exact) mass is 358 g/mol. The van der Waals surface area contributed by atoms with Crippen LogP contribution in [0.4, 0.5) is 5.69 Å². The number of benzene rings is 2. The summed E-state index contributed by atoms with van der Waals surface area (Å²) in [7, 11) is 0. The van der Waals surface area contributed by atoms with Crippen LogP contribution in [0, 0.1) is 0 Å². The highest BCUT2D eigenvalue weighted by Gasteiger charge is 2.13. The molecule has 0 unspecified atom stereocenters. The van der Waals surface area contributed by atoms with Gasteiger partial charge in [0.1, 0.15) is 0 Å². The summed E-state index contributed by atoms with van der Waals surface area (Å²) in [6.45, 7) is 2.45. The van der Waals surface area contributed by atoms with E-state index >= 15 is 0 Å². The smallest absolute Gasteiger partial charge is 0.223 e. The maximum atomic E-state index is 12.0. The third kappa shape index (κ3) is 6.59. The summed E-state index contributed by atoms with van der Waals surface area (Å²) < 4.78 is 0. The Hall–Kier alpha value is -2.33. The van der Waals surface area contributed by atoms with E-state index in [1.54, 1.807) is 23.1 Å². The number of carbonyl (C=O) groups is 2. The molecular formula is C20H23ClN2O2. The van der Waals surface area contributed by atoms with E-state index in [0.29, 0.717) is 23.8 Å². The third-order valence-electron chi connectivity index (χ3n) is 3.87. The highest BCUT2D eigenvalue weighted by atomic mass is 35.5. The standard InChI is InChI=1S/C20H23ClN2O2/c1-16(24)23(19-11-5-10-18(21)15-19)14-12-20(25)22-13-6-9-17-7-3-2-4-8-17/h2-5,7-8,10-11,15H,6,9,12-14H2,1H3,(H,22,25). The van der Waals surface area contributed by atoms with Crippen LogP contribution in [-0.2, 0) is 16.0 Å². The van der Waals surface area contributed by atoms with Crippen LogP contribution in [0.5, 0.6) is 0 Å². The Bertz CT molecular complexity index is 704. The van der Waals surface area contributed by atoms with Crippen LogP contribution >= 0.6 is 11.6 Å². The van der Waals surface area contributed by atoms with Crippen LogP contribution in [0.1, 0.15) is 25.3 Å². The summed E-state index contributed by atoms with van der Waals surface area (Å²) in [6.07, 6.45) is 2.08. The lowest BCUT2D eigenvalue weighted by molar-refractivity contribution is -0.121. The van der Waals surface area contributed by atoms with Crippen LogP contribution in [0.15, 0.2) is 54.6 Å². The zero-order valence-electron chi connectivity index (χ0n) is 14.4. The van der Waals surface area contributed by atoms with E-state index in [9.17, 15) is 9.59 Å². The third-order valence-corrected chi connectivity index (χ3v) is 4.10. The topological polar surface area (TPSA) is 49.4 Å². The molecule has 2 amide bonds. The largest absolute Gasteiger partial charge is 0.356 e. The molecule has 132 valence electrons. The van der Waals surface area contributed by atoms with Crippen molar-refractivity contribution in [3.63, 3.8) is 0 Å². The first kappa shape index (κ1) is 19.0. The van der Waals surface area contributed by atoms with E-state index in [4.69, 9.17) is 11.6 Å². The Labute approximate surface area is 153 Å². The van der Waals surface area contributed by atoms with E-state index in [1.807, 2.05) is 24.3 Å². The van der Waals surface area contributed by atoms with E-state index in [2.05, 4.69) is 17.4 Å². The average molecular weight is 359 g/mol. The summed E-state index contributed by atoms with van der Waals surface area (Å²) in [4.78, 5) is 25.4. The molecule has 0 radical (unpaired) electrons. The van der Waals surface area contributed by atoms with Gasteiger partial charge in [-0.05, 0) is 36.6 Å². The maximum Gasteiger partial charge on any atom is 0.223 e. The van der Waals surface area contributed by atoms with Crippen LogP contribution in [0.2, 0.25) is 5.02 Å². The van der Waals surface area contributed by atoms with E-state index < -0.39 is 0 Å². The van der Waals surface area contributed by atoms with Gasteiger partial charge in [0.2, 0.25) is 11.8 Å². The van der Waals surface area contributed by atoms with Crippen molar-refractivity contribution in [3.8, 4) is 0 Å². The SMILES string of the molecule is CC(=O)N(CCC(=O)NCCCc1ccccc1)c1cccc(Cl)c1. The van der Waals surface area contributed by atoms with Gasteiger partial charge in [-0.15, -0.1) is 0 Å². The average Bonchev–Trinajstić information content (AvgIpc) is 2.59. The van der Waals surface area contributed by atoms with Crippen LogP contribution in [-0.4, -0.2) is 24.9 Å². The molecule has 0 fully saturated rings. The number of anilines is 1. The van der Waals surface area contributed by atoms with Crippen molar-refractivity contribution in [2.45, 2.75) is 26.2 Å². The van der Waals surface area contributed by atoms with Gasteiger partial charge < -0.3 is 10.2 Å². The minimum absolute atomic E-state index is 0.0543. The summed E-state index contributed by atoms with van der Waals surface area (Å²) in [5, 5.41) is 3.47. The first-order chi connectivity index (χ1) is 12.1. The summed E-state index contributed by atoms with van der Waals surface area (Å²) in [6, 6.07) is 17.3. The van der Waals surface area contributed by atoms with Gasteiger partial charge in [-0.1, -0.05) is 48.0 Å². The number of amides is 2. The van der Waals surface area contributed by atoms with Crippen LogP contribution in [0.25, 0.3) is 0 Å². The fourth-order valence-corrected chi connectivity index (χ4v) is 2.76. The molecule has 0 saturated carbocycles. The van der Waals surface area contributed by atoms with Gasteiger partial charge in [-0.25, -0.2) is 0 Å². The number of nitrogens with zero attached hydrogens (tertiary/aromatic N) is 1. The molecule has 2 rings (SSSR count). The Kier molecular flexibility index (Phi) is 7.48. The van der Waals surface area contributed by atoms with Crippen molar-refractivity contribution in [2.24, 2.45) is 0 Å². The number of aryl methyl sites for hydroxylation is 1. The molecule has 1 N–H and O–H groups in total. The lowest BCUT2D eigenvalue weighted by Crippen LogP contribution is -2.34. The molecule has 5 heteroatoms. The molecule has 0 aliphatic rings. The first-order valence-corrected chi connectivity index (χ1v) is 8.78. The molecular weight excluding hydrogens is 336 g/mol. The van der Waals surface area contributed by atoms with Gasteiger partial charge in [-0.2, -0.15) is 0 Å². The molecule has 0 spiro atoms. The van der Waals surface area contributed by atoms with E-state index in [0.717, 1.165) is 12.8 Å². The Morgan fingerprint density at radius 1 is 1.08 bits per heavy atom. The van der Waals surface area contributed by atoms with Crippen molar-refractivity contribution in [2.75, 3.05) is 18.0 Å². The minimum atomic E-state index is -0.112. The minimum Gasteiger partial charge on any atom is -0.356 e. The molecule has 2 aromatic rings. The first-order valence-electron chi connectivity index (χ1n) is 8.40. The van der Waals surface area contributed by atoms with Gasteiger partial charge >= 0.3 is 0 Å². The zero-order valence-corrected chi connectivity index (χ0v) is 15.1. The molecule has 0 aromatic heterocycles. The van der Waals surface area contributed by atoms with Crippen molar-refractivity contribution in [1.82, 2.24) is 5.32 Å². The van der Waals surface area contributed by atoms with Crippen LogP contribution < -0.4 is 10.2 Å². The second-order valence-corrected chi connectivity index (χ2v) is 6.28. The lowest BCUT2D eigenvalue weighted by Gasteiger charge is -2.21. The highest BCUT2D eigenvalue weighted by molar-refractivity contribution is 6.30. The number of hydrogen-bond donors (Lipinski definition) is 1. The number of halogens is 1. The van der Waals surface area contributed by atoms with Gasteiger partial charge in [0.15, 0.2) is 0 Å². The van der Waals surface area contributed by atoms with Gasteiger partial charge in [0.25, 0.3) is 0 Å². The molecule has 0 saturated heterocycles. The van der Waals surface area contributed by atoms with E-state index in [-0.39, 0.29) is 18.2 Å². The summed E-state index contributed by atoms with van der Waals surface area (Å²) in [5.74, 6) is -0.166.